The van der Waals surface area contributed by atoms with Crippen LogP contribution in [-0.2, 0) is 0 Å². The van der Waals surface area contributed by atoms with E-state index in [1.165, 1.54) is 23.5 Å². The monoisotopic (exact) mass is 315 g/mol. The number of rotatable bonds is 2. The molecule has 3 aromatic rings. The molecule has 0 aliphatic rings. The van der Waals surface area contributed by atoms with Gasteiger partial charge in [0.1, 0.15) is 5.82 Å². The molecule has 1 heterocycles. The second-order valence-corrected chi connectivity index (χ2v) is 6.01. The fraction of sp³-hybridized carbons (Fsp3) is 0.125. The Bertz CT molecular complexity index is 860. The first-order valence-corrected chi connectivity index (χ1v) is 7.55. The van der Waals surface area contributed by atoms with E-state index in [1.807, 2.05) is 19.9 Å². The number of aryl methyl sites for hydroxylation is 2. The highest BCUT2D eigenvalue weighted by atomic mass is 32.1. The summed E-state index contributed by atoms with van der Waals surface area (Å²) in [4.78, 5) is 16.3. The van der Waals surface area contributed by atoms with Crippen LogP contribution >= 0.6 is 11.3 Å². The van der Waals surface area contributed by atoms with E-state index in [0.717, 1.165) is 21.3 Å². The standard InChI is InChI=1S/C16H14FN3OS/c1-9-7-10(2)14-13(8-9)19-16(22-14)20-15(21)18-12-6-4-3-5-11(12)17/h3-8H,1-2H3,(H2,18,19,20,21). The summed E-state index contributed by atoms with van der Waals surface area (Å²) in [6.45, 7) is 4.01. The number of fused-ring (bicyclic) bond motifs is 1. The van der Waals surface area contributed by atoms with E-state index in [2.05, 4.69) is 21.7 Å². The molecular formula is C16H14FN3OS. The molecule has 4 nitrogen and oxygen atoms in total. The van der Waals surface area contributed by atoms with Gasteiger partial charge >= 0.3 is 6.03 Å². The van der Waals surface area contributed by atoms with Gasteiger partial charge in [-0.1, -0.05) is 29.5 Å². The molecule has 1 aromatic heterocycles. The first kappa shape index (κ1) is 14.5. The van der Waals surface area contributed by atoms with Crippen LogP contribution in [0.4, 0.5) is 20.0 Å². The fourth-order valence-electron chi connectivity index (χ4n) is 2.24. The average molecular weight is 315 g/mol. The average Bonchev–Trinajstić information content (AvgIpc) is 2.84. The number of halogens is 1. The fourth-order valence-corrected chi connectivity index (χ4v) is 3.15. The van der Waals surface area contributed by atoms with Crippen molar-refractivity contribution in [2.45, 2.75) is 13.8 Å². The highest BCUT2D eigenvalue weighted by Crippen LogP contribution is 2.29. The lowest BCUT2D eigenvalue weighted by molar-refractivity contribution is 0.262. The van der Waals surface area contributed by atoms with Crippen LogP contribution < -0.4 is 10.6 Å². The third-order valence-electron chi connectivity index (χ3n) is 3.16. The minimum Gasteiger partial charge on any atom is -0.305 e. The van der Waals surface area contributed by atoms with Gasteiger partial charge in [-0.3, -0.25) is 5.32 Å². The Kier molecular flexibility index (Phi) is 3.77. The summed E-state index contributed by atoms with van der Waals surface area (Å²) in [5.74, 6) is -0.478. The smallest absolute Gasteiger partial charge is 0.305 e. The van der Waals surface area contributed by atoms with E-state index in [-0.39, 0.29) is 5.69 Å². The van der Waals surface area contributed by atoms with Crippen molar-refractivity contribution in [3.8, 4) is 0 Å². The van der Waals surface area contributed by atoms with Gasteiger partial charge in [0.05, 0.1) is 15.9 Å². The molecule has 3 rings (SSSR count). The number of hydrogen-bond acceptors (Lipinski definition) is 3. The molecule has 0 aliphatic heterocycles. The number of carbonyl (C=O) groups is 1. The van der Waals surface area contributed by atoms with Gasteiger partial charge in [-0.25, -0.2) is 14.2 Å². The van der Waals surface area contributed by atoms with Gasteiger partial charge in [0.15, 0.2) is 5.13 Å². The van der Waals surface area contributed by atoms with Gasteiger partial charge < -0.3 is 5.32 Å². The summed E-state index contributed by atoms with van der Waals surface area (Å²) < 4.78 is 14.5. The van der Waals surface area contributed by atoms with Crippen LogP contribution in [0.3, 0.4) is 0 Å². The van der Waals surface area contributed by atoms with Crippen molar-refractivity contribution in [1.29, 1.82) is 0 Å². The molecule has 2 N–H and O–H groups in total. The Balaban J connectivity index is 1.80. The van der Waals surface area contributed by atoms with Crippen molar-refractivity contribution < 1.29 is 9.18 Å². The number of aromatic nitrogens is 1. The second-order valence-electron chi connectivity index (χ2n) is 5.01. The zero-order valence-electron chi connectivity index (χ0n) is 12.1. The maximum atomic E-state index is 13.5. The zero-order chi connectivity index (χ0) is 15.7. The molecule has 0 saturated carbocycles. The lowest BCUT2D eigenvalue weighted by Gasteiger charge is -2.05. The Hall–Kier alpha value is -2.47. The van der Waals surface area contributed by atoms with E-state index in [4.69, 9.17) is 0 Å². The van der Waals surface area contributed by atoms with Crippen LogP contribution in [0.5, 0.6) is 0 Å². The van der Waals surface area contributed by atoms with E-state index < -0.39 is 11.8 Å². The third-order valence-corrected chi connectivity index (χ3v) is 4.28. The number of benzene rings is 2. The van der Waals surface area contributed by atoms with Crippen molar-refractivity contribution in [3.05, 3.63) is 53.3 Å². The Morgan fingerprint density at radius 3 is 2.73 bits per heavy atom. The second kappa shape index (κ2) is 5.73. The summed E-state index contributed by atoms with van der Waals surface area (Å²) in [6, 6.07) is 9.54. The molecule has 22 heavy (non-hydrogen) atoms. The van der Waals surface area contributed by atoms with Crippen LogP contribution in [0.1, 0.15) is 11.1 Å². The highest BCUT2D eigenvalue weighted by molar-refractivity contribution is 7.22. The topological polar surface area (TPSA) is 54.0 Å². The van der Waals surface area contributed by atoms with Gasteiger partial charge in [0.2, 0.25) is 0 Å². The lowest BCUT2D eigenvalue weighted by atomic mass is 10.1. The number of para-hydroxylation sites is 1. The van der Waals surface area contributed by atoms with E-state index in [9.17, 15) is 9.18 Å². The number of nitrogens with zero attached hydrogens (tertiary/aromatic N) is 1. The molecule has 0 atom stereocenters. The molecule has 0 saturated heterocycles. The molecule has 0 aliphatic carbocycles. The van der Waals surface area contributed by atoms with Crippen molar-refractivity contribution >= 4 is 38.4 Å². The van der Waals surface area contributed by atoms with Crippen LogP contribution in [-0.4, -0.2) is 11.0 Å². The number of amides is 2. The number of thiazole rings is 1. The molecule has 2 amide bonds. The van der Waals surface area contributed by atoms with Crippen LogP contribution in [0, 0.1) is 19.7 Å². The predicted molar refractivity (Wildman–Crippen MR) is 88.1 cm³/mol. The zero-order valence-corrected chi connectivity index (χ0v) is 12.9. The van der Waals surface area contributed by atoms with Gasteiger partial charge in [-0.2, -0.15) is 0 Å². The maximum Gasteiger partial charge on any atom is 0.325 e. The van der Waals surface area contributed by atoms with Gasteiger partial charge in [0, 0.05) is 0 Å². The number of hydrogen-bond donors (Lipinski definition) is 2. The maximum absolute atomic E-state index is 13.5. The molecule has 0 fully saturated rings. The van der Waals surface area contributed by atoms with Crippen molar-refractivity contribution in [1.82, 2.24) is 4.98 Å². The minimum absolute atomic E-state index is 0.133. The lowest BCUT2D eigenvalue weighted by Crippen LogP contribution is -2.19. The summed E-state index contributed by atoms with van der Waals surface area (Å²) in [7, 11) is 0. The first-order valence-electron chi connectivity index (χ1n) is 6.73. The summed E-state index contributed by atoms with van der Waals surface area (Å²) in [5.41, 5.74) is 3.23. The molecule has 6 heteroatoms. The Morgan fingerprint density at radius 2 is 1.95 bits per heavy atom. The number of carbonyl (C=O) groups excluding carboxylic acids is 1. The normalized spacial score (nSPS) is 10.7. The predicted octanol–water partition coefficient (Wildman–Crippen LogP) is 4.70. The molecular weight excluding hydrogens is 301 g/mol. The van der Waals surface area contributed by atoms with Crippen LogP contribution in [0.25, 0.3) is 10.2 Å². The van der Waals surface area contributed by atoms with Gasteiger partial charge in [-0.05, 0) is 43.2 Å². The van der Waals surface area contributed by atoms with Crippen LogP contribution in [0.15, 0.2) is 36.4 Å². The molecule has 0 spiro atoms. The first-order chi connectivity index (χ1) is 10.5. The number of nitrogens with one attached hydrogen (secondary N) is 2. The molecule has 2 aromatic carbocycles. The molecule has 0 unspecified atom stereocenters. The SMILES string of the molecule is Cc1cc(C)c2sc(NC(=O)Nc3ccccc3F)nc2c1. The largest absolute Gasteiger partial charge is 0.325 e. The minimum atomic E-state index is -0.515. The van der Waals surface area contributed by atoms with E-state index >= 15 is 0 Å². The third kappa shape index (κ3) is 2.92. The Labute approximate surface area is 131 Å². The molecule has 0 radical (unpaired) electrons. The molecule has 0 bridgehead atoms. The van der Waals surface area contributed by atoms with Gasteiger partial charge in [0.25, 0.3) is 0 Å². The van der Waals surface area contributed by atoms with Crippen molar-refractivity contribution in [2.75, 3.05) is 10.6 Å². The van der Waals surface area contributed by atoms with E-state index in [0.29, 0.717) is 5.13 Å². The number of urea groups is 1. The summed E-state index contributed by atoms with van der Waals surface area (Å²) >= 11 is 1.40. The Morgan fingerprint density at radius 1 is 1.18 bits per heavy atom. The quantitative estimate of drug-likeness (QED) is 0.720. The van der Waals surface area contributed by atoms with Crippen molar-refractivity contribution in [2.24, 2.45) is 0 Å². The number of anilines is 2. The summed E-state index contributed by atoms with van der Waals surface area (Å²) in [5, 5.41) is 5.60. The van der Waals surface area contributed by atoms with Crippen LogP contribution in [0.2, 0.25) is 0 Å². The van der Waals surface area contributed by atoms with Gasteiger partial charge in [-0.15, -0.1) is 0 Å². The highest BCUT2D eigenvalue weighted by Gasteiger charge is 2.11. The molecule has 112 valence electrons. The van der Waals surface area contributed by atoms with Crippen molar-refractivity contribution in [3.63, 3.8) is 0 Å². The van der Waals surface area contributed by atoms with E-state index in [1.54, 1.807) is 12.1 Å². The summed E-state index contributed by atoms with van der Waals surface area (Å²) in [6.07, 6.45) is 0.